The Morgan fingerprint density at radius 2 is 1.50 bits per heavy atom. The van der Waals surface area contributed by atoms with Gasteiger partial charge in [-0.2, -0.15) is 4.98 Å². The SMILES string of the molecule is Brc1ccccc1Nc1nc(NCc2ccccc2)c2ccccc2n1. The molecule has 0 bridgehead atoms. The predicted octanol–water partition coefficient (Wildman–Crippen LogP) is 5.75. The number of hydrogen-bond acceptors (Lipinski definition) is 4. The van der Waals surface area contributed by atoms with Gasteiger partial charge in [0.15, 0.2) is 0 Å². The fraction of sp³-hybridized carbons (Fsp3) is 0.0476. The monoisotopic (exact) mass is 404 g/mol. The highest BCUT2D eigenvalue weighted by Crippen LogP contribution is 2.27. The summed E-state index contributed by atoms with van der Waals surface area (Å²) in [5.41, 5.74) is 3.03. The van der Waals surface area contributed by atoms with Crippen molar-refractivity contribution in [1.29, 1.82) is 0 Å². The largest absolute Gasteiger partial charge is 0.365 e. The van der Waals surface area contributed by atoms with Crippen LogP contribution in [0.2, 0.25) is 0 Å². The van der Waals surface area contributed by atoms with Gasteiger partial charge in [0.2, 0.25) is 5.95 Å². The van der Waals surface area contributed by atoms with E-state index in [1.807, 2.05) is 66.7 Å². The van der Waals surface area contributed by atoms with Crippen LogP contribution >= 0.6 is 15.9 Å². The lowest BCUT2D eigenvalue weighted by molar-refractivity contribution is 1.10. The summed E-state index contributed by atoms with van der Waals surface area (Å²) < 4.78 is 0.968. The normalized spacial score (nSPS) is 10.7. The third-order valence-corrected chi connectivity index (χ3v) is 4.72. The fourth-order valence-electron chi connectivity index (χ4n) is 2.73. The van der Waals surface area contributed by atoms with E-state index >= 15 is 0 Å². The summed E-state index contributed by atoms with van der Waals surface area (Å²) in [5, 5.41) is 7.74. The van der Waals surface area contributed by atoms with Crippen LogP contribution in [-0.2, 0) is 6.54 Å². The maximum atomic E-state index is 4.70. The number of nitrogens with one attached hydrogen (secondary N) is 2. The number of halogens is 1. The van der Waals surface area contributed by atoms with Gasteiger partial charge in [-0.05, 0) is 45.8 Å². The van der Waals surface area contributed by atoms with Crippen LogP contribution in [0.25, 0.3) is 10.9 Å². The second kappa shape index (κ2) is 7.54. The molecule has 0 fully saturated rings. The van der Waals surface area contributed by atoms with Crippen molar-refractivity contribution in [3.63, 3.8) is 0 Å². The number of hydrogen-bond donors (Lipinski definition) is 2. The summed E-state index contributed by atoms with van der Waals surface area (Å²) in [4.78, 5) is 9.34. The highest BCUT2D eigenvalue weighted by molar-refractivity contribution is 9.10. The Balaban J connectivity index is 1.68. The predicted molar refractivity (Wildman–Crippen MR) is 111 cm³/mol. The number of benzene rings is 3. The number of rotatable bonds is 5. The molecule has 1 heterocycles. The van der Waals surface area contributed by atoms with Crippen molar-refractivity contribution >= 4 is 44.3 Å². The molecule has 0 aliphatic rings. The van der Waals surface area contributed by atoms with Gasteiger partial charge in [0.05, 0.1) is 11.2 Å². The molecule has 0 radical (unpaired) electrons. The van der Waals surface area contributed by atoms with Crippen molar-refractivity contribution < 1.29 is 0 Å². The average Bonchev–Trinajstić information content (AvgIpc) is 2.69. The van der Waals surface area contributed by atoms with E-state index in [2.05, 4.69) is 43.7 Å². The topological polar surface area (TPSA) is 49.8 Å². The van der Waals surface area contributed by atoms with E-state index in [0.29, 0.717) is 12.5 Å². The minimum absolute atomic E-state index is 0.561. The molecule has 0 amide bonds. The number of anilines is 3. The van der Waals surface area contributed by atoms with Gasteiger partial charge in [0, 0.05) is 16.4 Å². The van der Waals surface area contributed by atoms with Gasteiger partial charge in [-0.25, -0.2) is 4.98 Å². The molecule has 4 aromatic rings. The Morgan fingerprint density at radius 1 is 0.769 bits per heavy atom. The zero-order chi connectivity index (χ0) is 17.8. The van der Waals surface area contributed by atoms with Gasteiger partial charge in [0.25, 0.3) is 0 Å². The van der Waals surface area contributed by atoms with Crippen LogP contribution in [-0.4, -0.2) is 9.97 Å². The summed E-state index contributed by atoms with van der Waals surface area (Å²) in [6, 6.07) is 26.2. The zero-order valence-corrected chi connectivity index (χ0v) is 15.6. The van der Waals surface area contributed by atoms with E-state index < -0.39 is 0 Å². The molecule has 1 aromatic heterocycles. The molecular weight excluding hydrogens is 388 g/mol. The van der Waals surface area contributed by atoms with E-state index in [1.165, 1.54) is 5.56 Å². The van der Waals surface area contributed by atoms with Crippen molar-refractivity contribution in [2.24, 2.45) is 0 Å². The number of para-hydroxylation sites is 2. The van der Waals surface area contributed by atoms with Crippen molar-refractivity contribution in [3.8, 4) is 0 Å². The van der Waals surface area contributed by atoms with E-state index in [-0.39, 0.29) is 0 Å². The first kappa shape index (κ1) is 16.5. The molecule has 128 valence electrons. The molecular formula is C21H17BrN4. The first-order valence-corrected chi connectivity index (χ1v) is 9.15. The van der Waals surface area contributed by atoms with Crippen LogP contribution in [0.4, 0.5) is 17.5 Å². The molecule has 3 aromatic carbocycles. The molecule has 4 nitrogen and oxygen atoms in total. The van der Waals surface area contributed by atoms with Crippen molar-refractivity contribution in [1.82, 2.24) is 9.97 Å². The standard InChI is InChI=1S/C21H17BrN4/c22-17-11-5-7-13-19(17)25-21-24-18-12-6-4-10-16(18)20(26-21)23-14-15-8-2-1-3-9-15/h1-13H,14H2,(H2,23,24,25,26). The fourth-order valence-corrected chi connectivity index (χ4v) is 3.12. The lowest BCUT2D eigenvalue weighted by Crippen LogP contribution is -2.05. The van der Waals surface area contributed by atoms with Crippen molar-refractivity contribution in [2.75, 3.05) is 10.6 Å². The highest BCUT2D eigenvalue weighted by atomic mass is 79.9. The summed E-state index contributed by atoms with van der Waals surface area (Å²) in [7, 11) is 0. The minimum Gasteiger partial charge on any atom is -0.365 e. The molecule has 0 saturated heterocycles. The first-order valence-electron chi connectivity index (χ1n) is 8.36. The van der Waals surface area contributed by atoms with Gasteiger partial charge in [-0.15, -0.1) is 0 Å². The molecule has 2 N–H and O–H groups in total. The van der Waals surface area contributed by atoms with Gasteiger partial charge < -0.3 is 10.6 Å². The Bertz CT molecular complexity index is 1030. The van der Waals surface area contributed by atoms with E-state index in [0.717, 1.165) is 26.9 Å². The number of nitrogens with zero attached hydrogens (tertiary/aromatic N) is 2. The average molecular weight is 405 g/mol. The summed E-state index contributed by atoms with van der Waals surface area (Å²) in [6.45, 7) is 0.705. The van der Waals surface area contributed by atoms with E-state index in [9.17, 15) is 0 Å². The van der Waals surface area contributed by atoms with Gasteiger partial charge in [0.1, 0.15) is 5.82 Å². The quantitative estimate of drug-likeness (QED) is 0.444. The van der Waals surface area contributed by atoms with Gasteiger partial charge >= 0.3 is 0 Å². The molecule has 0 spiro atoms. The molecule has 0 unspecified atom stereocenters. The maximum Gasteiger partial charge on any atom is 0.229 e. The Labute approximate surface area is 160 Å². The van der Waals surface area contributed by atoms with Crippen LogP contribution in [0.1, 0.15) is 5.56 Å². The van der Waals surface area contributed by atoms with Gasteiger partial charge in [-0.3, -0.25) is 0 Å². The zero-order valence-electron chi connectivity index (χ0n) is 14.0. The van der Waals surface area contributed by atoms with Gasteiger partial charge in [-0.1, -0.05) is 54.6 Å². The molecule has 26 heavy (non-hydrogen) atoms. The van der Waals surface area contributed by atoms with E-state index in [4.69, 9.17) is 4.98 Å². The summed E-state index contributed by atoms with van der Waals surface area (Å²) in [6.07, 6.45) is 0. The molecule has 4 rings (SSSR count). The Morgan fingerprint density at radius 3 is 2.35 bits per heavy atom. The smallest absolute Gasteiger partial charge is 0.229 e. The van der Waals surface area contributed by atoms with Crippen molar-refractivity contribution in [2.45, 2.75) is 6.54 Å². The second-order valence-electron chi connectivity index (χ2n) is 5.86. The van der Waals surface area contributed by atoms with Crippen LogP contribution < -0.4 is 10.6 Å². The van der Waals surface area contributed by atoms with Crippen LogP contribution in [0, 0.1) is 0 Å². The second-order valence-corrected chi connectivity index (χ2v) is 6.71. The number of aromatic nitrogens is 2. The number of fused-ring (bicyclic) bond motifs is 1. The molecule has 0 aliphatic heterocycles. The lowest BCUT2D eigenvalue weighted by atomic mass is 10.2. The molecule has 5 heteroatoms. The summed E-state index contributed by atoms with van der Waals surface area (Å²) in [5.74, 6) is 1.38. The summed E-state index contributed by atoms with van der Waals surface area (Å²) >= 11 is 3.55. The Kier molecular flexibility index (Phi) is 4.80. The minimum atomic E-state index is 0.561. The lowest BCUT2D eigenvalue weighted by Gasteiger charge is -2.12. The third-order valence-electron chi connectivity index (χ3n) is 4.03. The van der Waals surface area contributed by atoms with E-state index in [1.54, 1.807) is 0 Å². The third kappa shape index (κ3) is 3.68. The van der Waals surface area contributed by atoms with Crippen LogP contribution in [0.3, 0.4) is 0 Å². The van der Waals surface area contributed by atoms with Crippen LogP contribution in [0.5, 0.6) is 0 Å². The molecule has 0 saturated carbocycles. The Hall–Kier alpha value is -2.92. The van der Waals surface area contributed by atoms with Crippen molar-refractivity contribution in [3.05, 3.63) is 88.9 Å². The highest BCUT2D eigenvalue weighted by Gasteiger charge is 2.09. The molecule has 0 aliphatic carbocycles. The first-order chi connectivity index (χ1) is 12.8. The van der Waals surface area contributed by atoms with Crippen LogP contribution in [0.15, 0.2) is 83.3 Å². The molecule has 0 atom stereocenters. The maximum absolute atomic E-state index is 4.70.